The van der Waals surface area contributed by atoms with Crippen molar-refractivity contribution in [2.45, 2.75) is 12.5 Å². The molecule has 8 heteroatoms. The van der Waals surface area contributed by atoms with Gasteiger partial charge in [-0.25, -0.2) is 0 Å². The minimum atomic E-state index is -0.106. The van der Waals surface area contributed by atoms with Crippen molar-refractivity contribution in [2.24, 2.45) is 0 Å². The number of rotatable bonds is 4. The SMILES string of the molecule is CN(C)c1ccc(O[C@H]2CCN(C(=O)c3cccc4c3OCCO4)C2)nn1. The van der Waals surface area contributed by atoms with Crippen LogP contribution in [0.25, 0.3) is 0 Å². The molecule has 0 saturated carbocycles. The lowest BCUT2D eigenvalue weighted by Gasteiger charge is -2.23. The molecule has 1 fully saturated rings. The Hall–Kier alpha value is -3.03. The van der Waals surface area contributed by atoms with Crippen LogP contribution in [-0.2, 0) is 0 Å². The van der Waals surface area contributed by atoms with Crippen LogP contribution < -0.4 is 19.1 Å². The molecule has 1 aromatic heterocycles. The maximum atomic E-state index is 12.9. The molecule has 27 heavy (non-hydrogen) atoms. The molecular weight excluding hydrogens is 348 g/mol. The van der Waals surface area contributed by atoms with Crippen molar-refractivity contribution in [2.75, 3.05) is 45.3 Å². The van der Waals surface area contributed by atoms with Crippen LogP contribution in [0, 0.1) is 0 Å². The second kappa shape index (κ2) is 7.30. The summed E-state index contributed by atoms with van der Waals surface area (Å²) in [5.74, 6) is 2.31. The summed E-state index contributed by atoms with van der Waals surface area (Å²) in [6, 6.07) is 9.05. The van der Waals surface area contributed by atoms with Crippen LogP contribution in [0.1, 0.15) is 16.8 Å². The zero-order valence-corrected chi connectivity index (χ0v) is 15.4. The molecule has 2 aromatic rings. The molecule has 142 valence electrons. The van der Waals surface area contributed by atoms with Crippen molar-refractivity contribution in [1.29, 1.82) is 0 Å². The summed E-state index contributed by atoms with van der Waals surface area (Å²) < 4.78 is 17.1. The van der Waals surface area contributed by atoms with Gasteiger partial charge in [-0.15, -0.1) is 10.2 Å². The van der Waals surface area contributed by atoms with E-state index in [0.717, 1.165) is 12.2 Å². The van der Waals surface area contributed by atoms with Gasteiger partial charge >= 0.3 is 0 Å². The third kappa shape index (κ3) is 3.60. The molecule has 3 heterocycles. The average molecular weight is 370 g/mol. The van der Waals surface area contributed by atoms with Gasteiger partial charge in [-0.05, 0) is 18.2 Å². The van der Waals surface area contributed by atoms with Gasteiger partial charge < -0.3 is 24.0 Å². The van der Waals surface area contributed by atoms with Crippen molar-refractivity contribution in [1.82, 2.24) is 15.1 Å². The fourth-order valence-electron chi connectivity index (χ4n) is 3.21. The normalized spacial score (nSPS) is 18.3. The largest absolute Gasteiger partial charge is 0.486 e. The second-order valence-corrected chi connectivity index (χ2v) is 6.73. The number of benzene rings is 1. The van der Waals surface area contributed by atoms with Crippen LogP contribution >= 0.6 is 0 Å². The maximum Gasteiger partial charge on any atom is 0.257 e. The van der Waals surface area contributed by atoms with Crippen LogP contribution in [0.4, 0.5) is 5.82 Å². The number of hydrogen-bond acceptors (Lipinski definition) is 7. The smallest absolute Gasteiger partial charge is 0.257 e. The van der Waals surface area contributed by atoms with E-state index in [1.807, 2.05) is 37.2 Å². The van der Waals surface area contributed by atoms with E-state index in [1.54, 1.807) is 17.0 Å². The van der Waals surface area contributed by atoms with E-state index in [-0.39, 0.29) is 12.0 Å². The second-order valence-electron chi connectivity index (χ2n) is 6.73. The fraction of sp³-hybridized carbons (Fsp3) is 0.421. The van der Waals surface area contributed by atoms with Crippen molar-refractivity contribution in [3.63, 3.8) is 0 Å². The van der Waals surface area contributed by atoms with Gasteiger partial charge in [-0.3, -0.25) is 4.79 Å². The van der Waals surface area contributed by atoms with E-state index in [4.69, 9.17) is 14.2 Å². The fourth-order valence-corrected chi connectivity index (χ4v) is 3.21. The highest BCUT2D eigenvalue weighted by Crippen LogP contribution is 2.34. The van der Waals surface area contributed by atoms with E-state index < -0.39 is 0 Å². The van der Waals surface area contributed by atoms with Gasteiger partial charge in [0.25, 0.3) is 5.91 Å². The minimum Gasteiger partial charge on any atom is -0.486 e. The van der Waals surface area contributed by atoms with Crippen molar-refractivity contribution >= 4 is 11.7 Å². The summed E-state index contributed by atoms with van der Waals surface area (Å²) in [4.78, 5) is 16.6. The van der Waals surface area contributed by atoms with Crippen molar-refractivity contribution < 1.29 is 19.0 Å². The number of carbonyl (C=O) groups is 1. The van der Waals surface area contributed by atoms with E-state index in [1.165, 1.54) is 0 Å². The first-order chi connectivity index (χ1) is 13.1. The first kappa shape index (κ1) is 17.4. The lowest BCUT2D eigenvalue weighted by molar-refractivity contribution is 0.0760. The van der Waals surface area contributed by atoms with Gasteiger partial charge in [-0.1, -0.05) is 6.07 Å². The molecule has 1 saturated heterocycles. The Morgan fingerprint density at radius 3 is 2.81 bits per heavy atom. The van der Waals surface area contributed by atoms with E-state index in [9.17, 15) is 4.79 Å². The molecule has 2 aliphatic rings. The third-order valence-electron chi connectivity index (χ3n) is 4.60. The molecule has 0 radical (unpaired) electrons. The highest BCUT2D eigenvalue weighted by atomic mass is 16.6. The molecule has 1 amide bonds. The Kier molecular flexibility index (Phi) is 4.70. The molecule has 2 aliphatic heterocycles. The van der Waals surface area contributed by atoms with Gasteiger partial charge in [0.15, 0.2) is 17.3 Å². The summed E-state index contributed by atoms with van der Waals surface area (Å²) in [5, 5.41) is 8.21. The third-order valence-corrected chi connectivity index (χ3v) is 4.60. The zero-order valence-electron chi connectivity index (χ0n) is 15.4. The first-order valence-corrected chi connectivity index (χ1v) is 8.97. The molecule has 0 unspecified atom stereocenters. The quantitative estimate of drug-likeness (QED) is 0.809. The summed E-state index contributed by atoms with van der Waals surface area (Å²) in [6.45, 7) is 2.07. The lowest BCUT2D eigenvalue weighted by atomic mass is 10.1. The number of hydrogen-bond donors (Lipinski definition) is 0. The van der Waals surface area contributed by atoms with Crippen LogP contribution in [-0.4, -0.2) is 67.5 Å². The number of likely N-dealkylation sites (tertiary alicyclic amines) is 1. The maximum absolute atomic E-state index is 12.9. The van der Waals surface area contributed by atoms with E-state index in [2.05, 4.69) is 10.2 Å². The number of nitrogens with zero attached hydrogens (tertiary/aromatic N) is 4. The number of carbonyl (C=O) groups excluding carboxylic acids is 1. The number of anilines is 1. The van der Waals surface area contributed by atoms with Crippen molar-refractivity contribution in [3.05, 3.63) is 35.9 Å². The summed E-state index contributed by atoms with van der Waals surface area (Å²) in [6.07, 6.45) is 0.639. The number of amides is 1. The molecule has 4 rings (SSSR count). The van der Waals surface area contributed by atoms with Crippen molar-refractivity contribution in [3.8, 4) is 17.4 Å². The van der Waals surface area contributed by atoms with E-state index >= 15 is 0 Å². The number of aromatic nitrogens is 2. The highest BCUT2D eigenvalue weighted by molar-refractivity contribution is 5.98. The summed E-state index contributed by atoms with van der Waals surface area (Å²) in [7, 11) is 3.81. The zero-order chi connectivity index (χ0) is 18.8. The van der Waals surface area contributed by atoms with Crippen LogP contribution in [0.5, 0.6) is 17.4 Å². The van der Waals surface area contributed by atoms with Crippen LogP contribution in [0.3, 0.4) is 0 Å². The molecule has 0 bridgehead atoms. The Morgan fingerprint density at radius 1 is 1.19 bits per heavy atom. The molecule has 1 atom stereocenters. The molecule has 0 N–H and O–H groups in total. The number of para-hydroxylation sites is 1. The average Bonchev–Trinajstić information content (AvgIpc) is 3.16. The van der Waals surface area contributed by atoms with Gasteiger partial charge in [0.2, 0.25) is 5.88 Å². The number of fused-ring (bicyclic) bond motifs is 1. The topological polar surface area (TPSA) is 77.0 Å². The highest BCUT2D eigenvalue weighted by Gasteiger charge is 2.31. The standard InChI is InChI=1S/C19H22N4O4/c1-22(2)16-6-7-17(21-20-16)27-13-8-9-23(12-13)19(24)14-4-3-5-15-18(14)26-11-10-25-15/h3-7,13H,8-12H2,1-2H3/t13-/m0/s1. The first-order valence-electron chi connectivity index (χ1n) is 8.97. The molecule has 8 nitrogen and oxygen atoms in total. The van der Waals surface area contributed by atoms with Gasteiger partial charge in [0, 0.05) is 33.1 Å². The Morgan fingerprint density at radius 2 is 2.04 bits per heavy atom. The van der Waals surface area contributed by atoms with Crippen LogP contribution in [0.15, 0.2) is 30.3 Å². The molecule has 0 aliphatic carbocycles. The molecule has 0 spiro atoms. The Labute approximate surface area is 157 Å². The Bertz CT molecular complexity index is 825. The monoisotopic (exact) mass is 370 g/mol. The van der Waals surface area contributed by atoms with Gasteiger partial charge in [0.05, 0.1) is 12.1 Å². The lowest BCUT2D eigenvalue weighted by Crippen LogP contribution is -2.32. The minimum absolute atomic E-state index is 0.0718. The van der Waals surface area contributed by atoms with E-state index in [0.29, 0.717) is 49.2 Å². The van der Waals surface area contributed by atoms with Crippen LogP contribution in [0.2, 0.25) is 0 Å². The summed E-state index contributed by atoms with van der Waals surface area (Å²) >= 11 is 0. The number of ether oxygens (including phenoxy) is 3. The molecule has 1 aromatic carbocycles. The van der Waals surface area contributed by atoms with Gasteiger partial charge in [-0.2, -0.15) is 0 Å². The predicted octanol–water partition coefficient (Wildman–Crippen LogP) is 1.61. The molecular formula is C19H22N4O4. The Balaban J connectivity index is 1.41. The summed E-state index contributed by atoms with van der Waals surface area (Å²) in [5.41, 5.74) is 0.531. The van der Waals surface area contributed by atoms with Gasteiger partial charge in [0.1, 0.15) is 19.3 Å². The predicted molar refractivity (Wildman–Crippen MR) is 98.7 cm³/mol.